The van der Waals surface area contributed by atoms with E-state index in [1.807, 2.05) is 6.92 Å². The van der Waals surface area contributed by atoms with Gasteiger partial charge in [-0.1, -0.05) is 0 Å². The van der Waals surface area contributed by atoms with Gasteiger partial charge in [0, 0.05) is 23.5 Å². The van der Waals surface area contributed by atoms with Gasteiger partial charge in [-0.3, -0.25) is 9.38 Å². The van der Waals surface area contributed by atoms with Crippen LogP contribution in [0.25, 0.3) is 28.3 Å². The molecule has 0 bridgehead atoms. The molecule has 0 fully saturated rings. The van der Waals surface area contributed by atoms with E-state index in [0.717, 1.165) is 11.6 Å². The number of hydrogen-bond acceptors (Lipinski definition) is 3. The number of hydrogen-bond donors (Lipinski definition) is 0. The second-order valence-electron chi connectivity index (χ2n) is 6.04. The third kappa shape index (κ3) is 3.14. The van der Waals surface area contributed by atoms with E-state index in [1.165, 1.54) is 28.9 Å². The van der Waals surface area contributed by atoms with Gasteiger partial charge < -0.3 is 0 Å². The van der Waals surface area contributed by atoms with Crippen LogP contribution >= 0.6 is 0 Å². The highest BCUT2D eigenvalue weighted by molar-refractivity contribution is 5.71. The fourth-order valence-corrected chi connectivity index (χ4v) is 2.81. The van der Waals surface area contributed by atoms with Crippen LogP contribution in [0.5, 0.6) is 0 Å². The summed E-state index contributed by atoms with van der Waals surface area (Å²) in [6.07, 6.45) is -0.300. The Hall–Kier alpha value is -3.29. The van der Waals surface area contributed by atoms with E-state index in [4.69, 9.17) is 0 Å². The number of rotatable bonds is 2. The Kier molecular flexibility index (Phi) is 3.91. The van der Waals surface area contributed by atoms with Crippen LogP contribution < -0.4 is 0 Å². The van der Waals surface area contributed by atoms with E-state index in [2.05, 4.69) is 15.0 Å². The molecule has 0 N–H and O–H groups in total. The van der Waals surface area contributed by atoms with Crippen molar-refractivity contribution in [3.8, 4) is 22.5 Å². The molecule has 4 nitrogen and oxygen atoms in total. The van der Waals surface area contributed by atoms with Gasteiger partial charge in [0.25, 0.3) is 0 Å². The van der Waals surface area contributed by atoms with Crippen molar-refractivity contribution in [3.63, 3.8) is 0 Å². The molecule has 3 aromatic heterocycles. The third-order valence-electron chi connectivity index (χ3n) is 4.12. The maximum Gasteiger partial charge on any atom is 0.433 e. The number of alkyl halides is 3. The average Bonchev–Trinajstić information content (AvgIpc) is 3.05. The Morgan fingerprint density at radius 2 is 1.81 bits per heavy atom. The maximum absolute atomic E-state index is 14.3. The van der Waals surface area contributed by atoms with Crippen LogP contribution in [0.1, 0.15) is 11.3 Å². The fourth-order valence-electron chi connectivity index (χ4n) is 2.81. The maximum atomic E-state index is 14.3. The standard InChI is InChI=1S/C19H12F4N4/c1-11-4-6-24-15(8-11)13-9-12(2-3-14(13)20)16-10-25-18-26-17(19(21,22)23)5-7-27(16)18/h2-10H,1H3. The Bertz CT molecular complexity index is 1150. The SMILES string of the molecule is Cc1ccnc(-c2cc(-c3cnc4nc(C(F)(F)F)ccn34)ccc2F)c1. The summed E-state index contributed by atoms with van der Waals surface area (Å²) in [6, 6.07) is 8.87. The molecule has 136 valence electrons. The Labute approximate surface area is 151 Å². The van der Waals surface area contributed by atoms with Crippen molar-refractivity contribution in [2.75, 3.05) is 0 Å². The second-order valence-corrected chi connectivity index (χ2v) is 6.04. The summed E-state index contributed by atoms with van der Waals surface area (Å²) >= 11 is 0. The van der Waals surface area contributed by atoms with Crippen LogP contribution in [0.2, 0.25) is 0 Å². The minimum atomic E-state index is -4.55. The van der Waals surface area contributed by atoms with Crippen molar-refractivity contribution >= 4 is 5.78 Å². The fraction of sp³-hybridized carbons (Fsp3) is 0.105. The van der Waals surface area contributed by atoms with Crippen LogP contribution in [0.15, 0.2) is 55.0 Å². The van der Waals surface area contributed by atoms with E-state index in [1.54, 1.807) is 24.4 Å². The van der Waals surface area contributed by atoms with E-state index in [9.17, 15) is 17.6 Å². The molecule has 0 radical (unpaired) electrons. The highest BCUT2D eigenvalue weighted by atomic mass is 19.4. The van der Waals surface area contributed by atoms with Gasteiger partial charge >= 0.3 is 6.18 Å². The smallest absolute Gasteiger partial charge is 0.284 e. The zero-order valence-corrected chi connectivity index (χ0v) is 14.0. The van der Waals surface area contributed by atoms with E-state index >= 15 is 0 Å². The first-order valence-electron chi connectivity index (χ1n) is 7.97. The van der Waals surface area contributed by atoms with Gasteiger partial charge in [0.05, 0.1) is 17.6 Å². The Morgan fingerprint density at radius 3 is 2.56 bits per heavy atom. The largest absolute Gasteiger partial charge is 0.433 e. The van der Waals surface area contributed by atoms with Gasteiger partial charge in [-0.05, 0) is 48.9 Å². The summed E-state index contributed by atoms with van der Waals surface area (Å²) in [7, 11) is 0. The lowest BCUT2D eigenvalue weighted by Gasteiger charge is -2.08. The highest BCUT2D eigenvalue weighted by Crippen LogP contribution is 2.31. The van der Waals surface area contributed by atoms with Crippen molar-refractivity contribution in [1.82, 2.24) is 19.4 Å². The molecule has 4 aromatic rings. The van der Waals surface area contributed by atoms with Crippen molar-refractivity contribution in [2.24, 2.45) is 0 Å². The molecule has 0 saturated carbocycles. The van der Waals surface area contributed by atoms with Crippen molar-refractivity contribution in [2.45, 2.75) is 13.1 Å². The molecular formula is C19H12F4N4. The van der Waals surface area contributed by atoms with Gasteiger partial charge in [-0.25, -0.2) is 14.4 Å². The average molecular weight is 372 g/mol. The summed E-state index contributed by atoms with van der Waals surface area (Å²) in [6.45, 7) is 1.88. The first-order valence-corrected chi connectivity index (χ1v) is 7.97. The minimum absolute atomic E-state index is 0.0839. The summed E-state index contributed by atoms with van der Waals surface area (Å²) < 4.78 is 54.2. The molecule has 27 heavy (non-hydrogen) atoms. The number of halogens is 4. The van der Waals surface area contributed by atoms with Gasteiger partial charge in [0.1, 0.15) is 11.5 Å². The minimum Gasteiger partial charge on any atom is -0.284 e. The van der Waals surface area contributed by atoms with Gasteiger partial charge in [-0.2, -0.15) is 13.2 Å². The predicted octanol–water partition coefficient (Wildman–Crippen LogP) is 4.92. The number of imidazole rings is 1. The molecule has 0 aliphatic carbocycles. The van der Waals surface area contributed by atoms with Gasteiger partial charge in [0.2, 0.25) is 5.78 Å². The lowest BCUT2D eigenvalue weighted by Crippen LogP contribution is -2.09. The predicted molar refractivity (Wildman–Crippen MR) is 91.4 cm³/mol. The quantitative estimate of drug-likeness (QED) is 0.469. The molecule has 0 saturated heterocycles. The zero-order valence-electron chi connectivity index (χ0n) is 14.0. The topological polar surface area (TPSA) is 43.1 Å². The normalized spacial score (nSPS) is 11.9. The lowest BCUT2D eigenvalue weighted by molar-refractivity contribution is -0.141. The van der Waals surface area contributed by atoms with Gasteiger partial charge in [0.15, 0.2) is 0 Å². The Balaban J connectivity index is 1.83. The third-order valence-corrected chi connectivity index (χ3v) is 4.12. The molecule has 0 unspecified atom stereocenters. The van der Waals surface area contributed by atoms with Crippen LogP contribution in [0.3, 0.4) is 0 Å². The second kappa shape index (κ2) is 6.15. The van der Waals surface area contributed by atoms with Crippen molar-refractivity contribution < 1.29 is 17.6 Å². The lowest BCUT2D eigenvalue weighted by atomic mass is 10.0. The molecule has 1 aromatic carbocycles. The van der Waals surface area contributed by atoms with Gasteiger partial charge in [-0.15, -0.1) is 0 Å². The number of nitrogens with zero attached hydrogens (tertiary/aromatic N) is 4. The first kappa shape index (κ1) is 17.1. The number of aromatic nitrogens is 4. The summed E-state index contributed by atoms with van der Waals surface area (Å²) in [5, 5.41) is 0. The summed E-state index contributed by atoms with van der Waals surface area (Å²) in [4.78, 5) is 11.7. The molecule has 0 aliphatic heterocycles. The van der Waals surface area contributed by atoms with Crippen LogP contribution in [0.4, 0.5) is 17.6 Å². The molecule has 0 aliphatic rings. The monoisotopic (exact) mass is 372 g/mol. The van der Waals surface area contributed by atoms with Crippen LogP contribution in [-0.4, -0.2) is 19.4 Å². The summed E-state index contributed by atoms with van der Waals surface area (Å²) in [5.41, 5.74) is 1.77. The highest BCUT2D eigenvalue weighted by Gasteiger charge is 2.33. The molecule has 0 amide bonds. The van der Waals surface area contributed by atoms with E-state index < -0.39 is 17.7 Å². The van der Waals surface area contributed by atoms with Crippen LogP contribution in [-0.2, 0) is 6.18 Å². The summed E-state index contributed by atoms with van der Waals surface area (Å²) in [5.74, 6) is -0.525. The number of benzene rings is 1. The van der Waals surface area contributed by atoms with Crippen LogP contribution in [0, 0.1) is 12.7 Å². The molecular weight excluding hydrogens is 360 g/mol. The number of pyridine rings is 1. The first-order chi connectivity index (χ1) is 12.8. The number of aryl methyl sites for hydroxylation is 1. The van der Waals surface area contributed by atoms with Crippen molar-refractivity contribution in [1.29, 1.82) is 0 Å². The molecule has 0 spiro atoms. The van der Waals surface area contributed by atoms with E-state index in [0.29, 0.717) is 22.5 Å². The molecule has 3 heterocycles. The molecule has 0 atom stereocenters. The number of fused-ring (bicyclic) bond motifs is 1. The molecule has 4 rings (SSSR count). The zero-order chi connectivity index (χ0) is 19.2. The van der Waals surface area contributed by atoms with Crippen molar-refractivity contribution in [3.05, 3.63) is 72.1 Å². The Morgan fingerprint density at radius 1 is 1.00 bits per heavy atom. The van der Waals surface area contributed by atoms with E-state index in [-0.39, 0.29) is 5.78 Å². The molecule has 8 heteroatoms.